The molecule has 0 atom stereocenters. The third-order valence-electron chi connectivity index (χ3n) is 6.10. The Morgan fingerprint density at radius 1 is 1.03 bits per heavy atom. The maximum atomic E-state index is 13.2. The zero-order valence-corrected chi connectivity index (χ0v) is 17.5. The van der Waals surface area contributed by atoms with Crippen LogP contribution in [0.1, 0.15) is 28.8 Å². The lowest BCUT2D eigenvalue weighted by Gasteiger charge is -2.29. The number of carbonyl (C=O) groups excluding carboxylic acids is 1. The summed E-state index contributed by atoms with van der Waals surface area (Å²) < 4.78 is 3.38. The fourth-order valence-electron chi connectivity index (χ4n) is 4.31. The van der Waals surface area contributed by atoms with Crippen molar-refractivity contribution in [3.63, 3.8) is 0 Å². The molecular weight excluding hydrogens is 390 g/mol. The minimum Gasteiger partial charge on any atom is -0.349 e. The van der Waals surface area contributed by atoms with E-state index >= 15 is 0 Å². The van der Waals surface area contributed by atoms with Gasteiger partial charge in [0, 0.05) is 11.6 Å². The van der Waals surface area contributed by atoms with Crippen molar-refractivity contribution in [3.05, 3.63) is 82.3 Å². The first-order chi connectivity index (χ1) is 15.1. The van der Waals surface area contributed by atoms with Gasteiger partial charge in [0.2, 0.25) is 0 Å². The summed E-state index contributed by atoms with van der Waals surface area (Å²) in [5.41, 5.74) is 3.47. The lowest BCUT2D eigenvalue weighted by atomic mass is 10.0. The van der Waals surface area contributed by atoms with E-state index in [9.17, 15) is 9.59 Å². The average Bonchev–Trinajstić information content (AvgIpc) is 3.29. The number of carbonyl (C=O) groups is 1. The third kappa shape index (κ3) is 3.72. The van der Waals surface area contributed by atoms with Gasteiger partial charge in [-0.1, -0.05) is 30.3 Å². The molecule has 1 aliphatic rings. The second-order valence-electron chi connectivity index (χ2n) is 8.26. The summed E-state index contributed by atoms with van der Waals surface area (Å²) in [4.78, 5) is 28.5. The fraction of sp³-hybridized carbons (Fsp3) is 0.292. The predicted octanol–water partition coefficient (Wildman–Crippen LogP) is 2.52. The van der Waals surface area contributed by atoms with Gasteiger partial charge in [-0.3, -0.25) is 9.59 Å². The molecule has 31 heavy (non-hydrogen) atoms. The largest absolute Gasteiger partial charge is 0.349 e. The van der Waals surface area contributed by atoms with Crippen LogP contribution in [0.15, 0.2) is 65.6 Å². The summed E-state index contributed by atoms with van der Waals surface area (Å²) in [6.45, 7) is 2.39. The van der Waals surface area contributed by atoms with Crippen LogP contribution in [0.4, 0.5) is 0 Å². The number of aromatic nitrogens is 3. The number of rotatable bonds is 4. The number of benzene rings is 2. The summed E-state index contributed by atoms with van der Waals surface area (Å²) in [5, 5.41) is 7.49. The molecule has 1 amide bonds. The monoisotopic (exact) mass is 415 g/mol. The van der Waals surface area contributed by atoms with E-state index in [1.807, 2.05) is 48.5 Å². The Bertz CT molecular complexity index is 1300. The molecular formula is C24H25N5O2. The Morgan fingerprint density at radius 2 is 1.81 bits per heavy atom. The van der Waals surface area contributed by atoms with Gasteiger partial charge >= 0.3 is 0 Å². The highest BCUT2D eigenvalue weighted by molar-refractivity contribution is 5.97. The van der Waals surface area contributed by atoms with Crippen LogP contribution < -0.4 is 10.9 Å². The van der Waals surface area contributed by atoms with Crippen LogP contribution in [0.3, 0.4) is 0 Å². The molecule has 1 N–H and O–H groups in total. The lowest BCUT2D eigenvalue weighted by molar-refractivity contribution is 0.0917. The van der Waals surface area contributed by atoms with Crippen LogP contribution in [0, 0.1) is 0 Å². The van der Waals surface area contributed by atoms with Crippen molar-refractivity contribution in [1.29, 1.82) is 0 Å². The van der Waals surface area contributed by atoms with Crippen molar-refractivity contribution < 1.29 is 4.79 Å². The highest BCUT2D eigenvalue weighted by Crippen LogP contribution is 2.18. The van der Waals surface area contributed by atoms with Gasteiger partial charge in [-0.2, -0.15) is 5.10 Å². The highest BCUT2D eigenvalue weighted by atomic mass is 16.1. The lowest BCUT2D eigenvalue weighted by Crippen LogP contribution is -2.43. The Balaban J connectivity index is 1.56. The van der Waals surface area contributed by atoms with Crippen molar-refractivity contribution in [3.8, 4) is 0 Å². The first-order valence-corrected chi connectivity index (χ1v) is 10.6. The van der Waals surface area contributed by atoms with E-state index in [4.69, 9.17) is 0 Å². The predicted molar refractivity (Wildman–Crippen MR) is 120 cm³/mol. The molecule has 2 aromatic carbocycles. The number of likely N-dealkylation sites (tertiary alicyclic amines) is 1. The van der Waals surface area contributed by atoms with Crippen LogP contribution in [0.25, 0.3) is 16.6 Å². The van der Waals surface area contributed by atoms with Gasteiger partial charge in [0.25, 0.3) is 11.5 Å². The summed E-state index contributed by atoms with van der Waals surface area (Å²) >= 11 is 0. The molecule has 1 saturated heterocycles. The molecule has 1 fully saturated rings. The number of nitrogens with zero attached hydrogens (tertiary/aromatic N) is 4. The molecule has 0 radical (unpaired) electrons. The van der Waals surface area contributed by atoms with Crippen LogP contribution in [-0.2, 0) is 6.54 Å². The standard InChI is InChI=1S/C24H25N5O2/c1-27-13-10-19(11-14-27)26-23(30)18-7-8-20-22(15-18)28(16-17-5-3-2-4-6-17)24(31)21-9-12-25-29(20)21/h2-9,12,15,19H,10-11,13-14,16H2,1H3,(H,26,30). The molecule has 2 aromatic heterocycles. The van der Waals surface area contributed by atoms with Gasteiger partial charge in [0.05, 0.1) is 23.8 Å². The summed E-state index contributed by atoms with van der Waals surface area (Å²) in [6, 6.07) is 17.3. The quantitative estimate of drug-likeness (QED) is 0.556. The molecule has 7 nitrogen and oxygen atoms in total. The van der Waals surface area contributed by atoms with Crippen molar-refractivity contribution in [1.82, 2.24) is 24.4 Å². The molecule has 0 spiro atoms. The van der Waals surface area contributed by atoms with Crippen LogP contribution in [0.2, 0.25) is 0 Å². The fourth-order valence-corrected chi connectivity index (χ4v) is 4.31. The molecule has 0 bridgehead atoms. The Labute approximate surface area is 179 Å². The molecule has 4 aromatic rings. The normalized spacial score (nSPS) is 15.5. The third-order valence-corrected chi connectivity index (χ3v) is 6.10. The van der Waals surface area contributed by atoms with E-state index in [0.29, 0.717) is 23.1 Å². The molecule has 5 rings (SSSR count). The Kier molecular flexibility index (Phi) is 5.03. The summed E-state index contributed by atoms with van der Waals surface area (Å²) in [7, 11) is 2.10. The zero-order chi connectivity index (χ0) is 21.4. The van der Waals surface area contributed by atoms with Gasteiger partial charge in [0.15, 0.2) is 0 Å². The Hall–Kier alpha value is -3.45. The number of amides is 1. The number of piperidine rings is 1. The van der Waals surface area contributed by atoms with Crippen molar-refractivity contribution in [2.24, 2.45) is 0 Å². The van der Waals surface area contributed by atoms with Crippen LogP contribution in [-0.4, -0.2) is 51.2 Å². The van der Waals surface area contributed by atoms with Gasteiger partial charge in [0.1, 0.15) is 5.52 Å². The minimum absolute atomic E-state index is 0.101. The number of nitrogens with one attached hydrogen (secondary N) is 1. The number of fused-ring (bicyclic) bond motifs is 3. The molecule has 3 heterocycles. The highest BCUT2D eigenvalue weighted by Gasteiger charge is 2.20. The van der Waals surface area contributed by atoms with Gasteiger partial charge in [-0.25, -0.2) is 4.52 Å². The van der Waals surface area contributed by atoms with Gasteiger partial charge < -0.3 is 14.8 Å². The van der Waals surface area contributed by atoms with Gasteiger partial charge in [-0.15, -0.1) is 0 Å². The first kappa shape index (κ1) is 19.5. The second kappa shape index (κ2) is 8.00. The van der Waals surface area contributed by atoms with E-state index in [-0.39, 0.29) is 17.5 Å². The van der Waals surface area contributed by atoms with E-state index in [1.165, 1.54) is 0 Å². The second-order valence-corrected chi connectivity index (χ2v) is 8.26. The maximum absolute atomic E-state index is 13.2. The van der Waals surface area contributed by atoms with Crippen molar-refractivity contribution in [2.75, 3.05) is 20.1 Å². The van der Waals surface area contributed by atoms with Crippen molar-refractivity contribution >= 4 is 22.5 Å². The van der Waals surface area contributed by atoms with Gasteiger partial charge in [-0.05, 0) is 62.8 Å². The first-order valence-electron chi connectivity index (χ1n) is 10.6. The van der Waals surface area contributed by atoms with Crippen LogP contribution in [0.5, 0.6) is 0 Å². The molecule has 1 aliphatic heterocycles. The molecule has 0 aliphatic carbocycles. The minimum atomic E-state index is -0.123. The number of hydrogen-bond donors (Lipinski definition) is 1. The van der Waals surface area contributed by atoms with E-state index in [2.05, 4.69) is 22.4 Å². The summed E-state index contributed by atoms with van der Waals surface area (Å²) in [5.74, 6) is -0.101. The Morgan fingerprint density at radius 3 is 2.58 bits per heavy atom. The smallest absolute Gasteiger partial charge is 0.277 e. The maximum Gasteiger partial charge on any atom is 0.277 e. The zero-order valence-electron chi connectivity index (χ0n) is 17.5. The number of hydrogen-bond acceptors (Lipinski definition) is 4. The van der Waals surface area contributed by atoms with Crippen LogP contribution >= 0.6 is 0 Å². The topological polar surface area (TPSA) is 71.6 Å². The van der Waals surface area contributed by atoms with E-state index < -0.39 is 0 Å². The summed E-state index contributed by atoms with van der Waals surface area (Å²) in [6.07, 6.45) is 3.52. The average molecular weight is 415 g/mol. The molecule has 0 saturated carbocycles. The molecule has 7 heteroatoms. The SMILES string of the molecule is CN1CCC(NC(=O)c2ccc3c(c2)n(Cc2ccccc2)c(=O)c2ccnn23)CC1. The van der Waals surface area contributed by atoms with Crippen molar-refractivity contribution in [2.45, 2.75) is 25.4 Å². The molecule has 0 unspecified atom stereocenters. The van der Waals surface area contributed by atoms with E-state index in [1.54, 1.807) is 21.3 Å². The van der Waals surface area contributed by atoms with E-state index in [0.717, 1.165) is 37.0 Å². The molecule has 158 valence electrons.